The summed E-state index contributed by atoms with van der Waals surface area (Å²) in [6.45, 7) is 4.67. The Morgan fingerprint density at radius 3 is 1.42 bits per heavy atom. The van der Waals surface area contributed by atoms with E-state index in [-0.39, 0.29) is 0 Å². The van der Waals surface area contributed by atoms with Gasteiger partial charge in [0.1, 0.15) is 0 Å². The number of hydrogen-bond acceptors (Lipinski definition) is 0. The Kier molecular flexibility index (Phi) is 6.07. The third-order valence-corrected chi connectivity index (χ3v) is 0.677. The molecule has 0 radical (unpaired) electrons. The number of quaternary nitrogens is 1. The Hall–Kier alpha value is -0.515. The van der Waals surface area contributed by atoms with Crippen molar-refractivity contribution in [1.29, 1.82) is 0 Å². The SMILES string of the molecule is C=CC[N+](C)(C)C.F[B-](F)(F)F. The van der Waals surface area contributed by atoms with Crippen LogP contribution in [0.5, 0.6) is 0 Å². The lowest BCUT2D eigenvalue weighted by Gasteiger charge is -2.21. The van der Waals surface area contributed by atoms with Crippen LogP contribution in [0.1, 0.15) is 0 Å². The Labute approximate surface area is 70.4 Å². The van der Waals surface area contributed by atoms with Gasteiger partial charge in [-0.15, -0.1) is 0 Å². The van der Waals surface area contributed by atoms with E-state index in [0.29, 0.717) is 0 Å². The average Bonchev–Trinajstić information content (AvgIpc) is 1.54. The van der Waals surface area contributed by atoms with Gasteiger partial charge in [-0.25, -0.2) is 0 Å². The van der Waals surface area contributed by atoms with Gasteiger partial charge < -0.3 is 21.7 Å². The van der Waals surface area contributed by atoms with Crippen molar-refractivity contribution < 1.29 is 21.7 Å². The summed E-state index contributed by atoms with van der Waals surface area (Å²) in [6.07, 6.45) is 1.93. The molecule has 0 aromatic heterocycles. The molecule has 0 saturated heterocycles. The molecule has 0 N–H and O–H groups in total. The van der Waals surface area contributed by atoms with Crippen molar-refractivity contribution in [1.82, 2.24) is 0 Å². The van der Waals surface area contributed by atoms with Gasteiger partial charge in [0.2, 0.25) is 0 Å². The molecule has 0 aliphatic rings. The molecule has 0 atom stereocenters. The van der Waals surface area contributed by atoms with Crippen LogP contribution in [0.3, 0.4) is 0 Å². The molecule has 0 saturated carbocycles. The zero-order chi connectivity index (χ0) is 10.4. The Morgan fingerprint density at radius 1 is 1.17 bits per heavy atom. The molecule has 0 heterocycles. The molecule has 0 amide bonds. The molecular weight excluding hydrogens is 173 g/mol. The van der Waals surface area contributed by atoms with Crippen molar-refractivity contribution in [2.24, 2.45) is 0 Å². The van der Waals surface area contributed by atoms with Crippen LogP contribution in [0.15, 0.2) is 12.7 Å². The van der Waals surface area contributed by atoms with Gasteiger partial charge in [-0.05, 0) is 6.08 Å². The summed E-state index contributed by atoms with van der Waals surface area (Å²) < 4.78 is 40.0. The van der Waals surface area contributed by atoms with Gasteiger partial charge in [0.15, 0.2) is 0 Å². The van der Waals surface area contributed by atoms with Crippen molar-refractivity contribution in [3.63, 3.8) is 0 Å². The fourth-order valence-electron chi connectivity index (χ4n) is 0.387. The lowest BCUT2D eigenvalue weighted by atomic mass is 10.3. The number of rotatable bonds is 2. The summed E-state index contributed by atoms with van der Waals surface area (Å²) in [5.74, 6) is 0. The Morgan fingerprint density at radius 2 is 1.42 bits per heavy atom. The number of halogens is 4. The van der Waals surface area contributed by atoms with E-state index in [1.54, 1.807) is 0 Å². The minimum Gasteiger partial charge on any atom is -0.418 e. The maximum atomic E-state index is 9.75. The van der Waals surface area contributed by atoms with Crippen molar-refractivity contribution in [3.8, 4) is 0 Å². The standard InChI is InChI=1S/C6H14N.BF4/c1-5-6-7(2,3)4;2-1(3,4)5/h5H,1,6H2,2-4H3;/q+1;-1. The smallest absolute Gasteiger partial charge is 0.418 e. The first kappa shape index (κ1) is 14.0. The fourth-order valence-corrected chi connectivity index (χ4v) is 0.387. The van der Waals surface area contributed by atoms with Crippen molar-refractivity contribution >= 4 is 7.25 Å². The van der Waals surface area contributed by atoms with Gasteiger partial charge in [0.25, 0.3) is 0 Å². The normalized spacial score (nSPS) is 11.6. The Bertz CT molecular complexity index is 120. The van der Waals surface area contributed by atoms with E-state index in [0.717, 1.165) is 11.0 Å². The van der Waals surface area contributed by atoms with Crippen LogP contribution < -0.4 is 0 Å². The second kappa shape index (κ2) is 5.19. The number of nitrogens with zero attached hydrogens (tertiary/aromatic N) is 1. The molecule has 0 aliphatic heterocycles. The van der Waals surface area contributed by atoms with Crippen LogP contribution in [0, 0.1) is 0 Å². The topological polar surface area (TPSA) is 0 Å². The summed E-state index contributed by atoms with van der Waals surface area (Å²) in [7, 11) is 0.422. The predicted molar refractivity (Wildman–Crippen MR) is 43.3 cm³/mol. The third kappa shape index (κ3) is 56.2. The van der Waals surface area contributed by atoms with Crippen molar-refractivity contribution in [2.75, 3.05) is 27.7 Å². The monoisotopic (exact) mass is 187 g/mol. The van der Waals surface area contributed by atoms with Crippen LogP contribution >= 0.6 is 0 Å². The van der Waals surface area contributed by atoms with Crippen LogP contribution in [0.2, 0.25) is 0 Å². The summed E-state index contributed by atoms with van der Waals surface area (Å²) in [6, 6.07) is 0. The molecule has 0 spiro atoms. The van der Waals surface area contributed by atoms with E-state index in [4.69, 9.17) is 0 Å². The molecule has 6 heteroatoms. The van der Waals surface area contributed by atoms with Gasteiger partial charge in [-0.3, -0.25) is 0 Å². The fraction of sp³-hybridized carbons (Fsp3) is 0.667. The Balaban J connectivity index is 0. The molecule has 0 bridgehead atoms. The van der Waals surface area contributed by atoms with Crippen LogP contribution in [-0.4, -0.2) is 39.4 Å². The summed E-state index contributed by atoms with van der Waals surface area (Å²) in [5, 5.41) is 0. The molecule has 0 aromatic carbocycles. The highest BCUT2D eigenvalue weighted by atomic mass is 19.5. The average molecular weight is 187 g/mol. The number of hydrogen-bond donors (Lipinski definition) is 0. The zero-order valence-corrected chi connectivity index (χ0v) is 7.53. The van der Waals surface area contributed by atoms with Gasteiger partial charge in [0.05, 0.1) is 27.7 Å². The molecule has 0 aliphatic carbocycles. The molecule has 0 rings (SSSR count). The van der Waals surface area contributed by atoms with E-state index >= 15 is 0 Å². The maximum absolute atomic E-state index is 9.75. The first-order chi connectivity index (χ1) is 5.06. The van der Waals surface area contributed by atoms with Gasteiger partial charge in [0, 0.05) is 0 Å². The second-order valence-corrected chi connectivity index (χ2v) is 3.26. The predicted octanol–water partition coefficient (Wildman–Crippen LogP) is 2.18. The quantitative estimate of drug-likeness (QED) is 0.269. The van der Waals surface area contributed by atoms with E-state index < -0.39 is 7.25 Å². The van der Waals surface area contributed by atoms with Crippen molar-refractivity contribution in [2.45, 2.75) is 0 Å². The van der Waals surface area contributed by atoms with E-state index in [9.17, 15) is 17.3 Å². The first-order valence-corrected chi connectivity index (χ1v) is 3.35. The second-order valence-electron chi connectivity index (χ2n) is 3.26. The van der Waals surface area contributed by atoms with E-state index in [1.165, 1.54) is 0 Å². The lowest BCUT2D eigenvalue weighted by Crippen LogP contribution is -2.33. The summed E-state index contributed by atoms with van der Waals surface area (Å²) in [5.41, 5.74) is 0. The molecular formula is C6H14BF4N. The molecule has 0 fully saturated rings. The largest absolute Gasteiger partial charge is 0.673 e. The van der Waals surface area contributed by atoms with Gasteiger partial charge in [-0.1, -0.05) is 6.58 Å². The highest BCUT2D eigenvalue weighted by Gasteiger charge is 2.20. The lowest BCUT2D eigenvalue weighted by molar-refractivity contribution is -0.864. The minimum absolute atomic E-state index is 0.976. The third-order valence-electron chi connectivity index (χ3n) is 0.677. The molecule has 1 nitrogen and oxygen atoms in total. The zero-order valence-electron chi connectivity index (χ0n) is 7.53. The summed E-state index contributed by atoms with van der Waals surface area (Å²) >= 11 is 0. The van der Waals surface area contributed by atoms with E-state index in [1.807, 2.05) is 6.08 Å². The summed E-state index contributed by atoms with van der Waals surface area (Å²) in [4.78, 5) is 0. The van der Waals surface area contributed by atoms with Crippen LogP contribution in [-0.2, 0) is 0 Å². The molecule has 0 unspecified atom stereocenters. The maximum Gasteiger partial charge on any atom is 0.673 e. The highest BCUT2D eigenvalue weighted by Crippen LogP contribution is 2.06. The molecule has 12 heavy (non-hydrogen) atoms. The molecule has 74 valence electrons. The van der Waals surface area contributed by atoms with E-state index in [2.05, 4.69) is 27.7 Å². The number of likely N-dealkylation sites (N-methyl/N-ethyl adjacent to an activating group) is 1. The van der Waals surface area contributed by atoms with Crippen LogP contribution in [0.4, 0.5) is 17.3 Å². The van der Waals surface area contributed by atoms with Gasteiger partial charge >= 0.3 is 7.25 Å². The first-order valence-electron chi connectivity index (χ1n) is 3.35. The highest BCUT2D eigenvalue weighted by molar-refractivity contribution is 6.50. The molecule has 0 aromatic rings. The van der Waals surface area contributed by atoms with Gasteiger partial charge in [-0.2, -0.15) is 0 Å². The van der Waals surface area contributed by atoms with Crippen molar-refractivity contribution in [3.05, 3.63) is 12.7 Å². The minimum atomic E-state index is -6.00. The van der Waals surface area contributed by atoms with Crippen LogP contribution in [0.25, 0.3) is 0 Å².